The lowest BCUT2D eigenvalue weighted by Crippen LogP contribution is -2.46. The van der Waals surface area contributed by atoms with Gasteiger partial charge in [-0.1, -0.05) is 12.1 Å². The van der Waals surface area contributed by atoms with Gasteiger partial charge in [0, 0.05) is 13.0 Å². The van der Waals surface area contributed by atoms with Gasteiger partial charge in [-0.3, -0.25) is 4.79 Å². The van der Waals surface area contributed by atoms with Crippen molar-refractivity contribution in [3.63, 3.8) is 0 Å². The van der Waals surface area contributed by atoms with Crippen molar-refractivity contribution in [3.05, 3.63) is 24.3 Å². The van der Waals surface area contributed by atoms with Crippen molar-refractivity contribution in [2.24, 2.45) is 0 Å². The summed E-state index contributed by atoms with van der Waals surface area (Å²) in [6.45, 7) is -0.418. The van der Waals surface area contributed by atoms with Crippen LogP contribution in [0.15, 0.2) is 24.3 Å². The maximum Gasteiger partial charge on any atom is 0.267 e. The van der Waals surface area contributed by atoms with Crippen LogP contribution in [0.3, 0.4) is 0 Å². The molecule has 2 aliphatic heterocycles. The molecular weight excluding hydrogens is 256 g/mol. The lowest BCUT2D eigenvalue weighted by molar-refractivity contribution is -0.141. The van der Waals surface area contributed by atoms with Gasteiger partial charge in [-0.05, 0) is 12.1 Å². The molecule has 19 heavy (non-hydrogen) atoms. The second kappa shape index (κ2) is 4.36. The van der Waals surface area contributed by atoms with Crippen molar-refractivity contribution in [3.8, 4) is 11.5 Å². The van der Waals surface area contributed by atoms with Gasteiger partial charge in [0.2, 0.25) is 6.10 Å². The third-order valence-electron chi connectivity index (χ3n) is 3.27. The van der Waals surface area contributed by atoms with E-state index in [2.05, 4.69) is 0 Å². The average Bonchev–Trinajstić information content (AvgIpc) is 2.78. The molecule has 1 aromatic carbocycles. The van der Waals surface area contributed by atoms with E-state index in [9.17, 15) is 13.6 Å². The Kier molecular flexibility index (Phi) is 2.80. The molecule has 0 aromatic heterocycles. The van der Waals surface area contributed by atoms with Crippen LogP contribution in [0.1, 0.15) is 6.42 Å². The fraction of sp³-hybridized carbons (Fsp3) is 0.462. The molecule has 1 amide bonds. The first kappa shape index (κ1) is 12.2. The number of likely N-dealkylation sites (tertiary alicyclic amines) is 1. The van der Waals surface area contributed by atoms with E-state index in [1.807, 2.05) is 0 Å². The van der Waals surface area contributed by atoms with Gasteiger partial charge in [-0.25, -0.2) is 8.78 Å². The van der Waals surface area contributed by atoms with E-state index >= 15 is 0 Å². The lowest BCUT2D eigenvalue weighted by atomic mass is 10.2. The number of carbonyl (C=O) groups is 1. The van der Waals surface area contributed by atoms with E-state index in [0.717, 1.165) is 4.90 Å². The number of alkyl halides is 2. The molecule has 0 spiro atoms. The minimum Gasteiger partial charge on any atom is -0.485 e. The fourth-order valence-electron chi connectivity index (χ4n) is 2.27. The molecule has 0 aliphatic carbocycles. The second-order valence-corrected chi connectivity index (χ2v) is 4.73. The van der Waals surface area contributed by atoms with Gasteiger partial charge in [0.25, 0.3) is 11.8 Å². The summed E-state index contributed by atoms with van der Waals surface area (Å²) in [6, 6.07) is 6.98. The highest BCUT2D eigenvalue weighted by molar-refractivity contribution is 5.82. The van der Waals surface area contributed by atoms with Crippen LogP contribution < -0.4 is 9.47 Å². The molecule has 4 nitrogen and oxygen atoms in total. The van der Waals surface area contributed by atoms with Gasteiger partial charge in [-0.2, -0.15) is 0 Å². The van der Waals surface area contributed by atoms with Gasteiger partial charge in [0.05, 0.1) is 6.54 Å². The molecule has 2 aliphatic rings. The van der Waals surface area contributed by atoms with Crippen molar-refractivity contribution in [2.45, 2.75) is 18.4 Å². The Labute approximate surface area is 108 Å². The molecule has 1 unspecified atom stereocenters. The summed E-state index contributed by atoms with van der Waals surface area (Å²) in [5, 5.41) is 0. The van der Waals surface area contributed by atoms with E-state index in [-0.39, 0.29) is 19.6 Å². The minimum absolute atomic E-state index is 0.0535. The molecule has 1 saturated heterocycles. The van der Waals surface area contributed by atoms with E-state index in [1.54, 1.807) is 24.3 Å². The number of para-hydroxylation sites is 2. The summed E-state index contributed by atoms with van der Waals surface area (Å²) in [7, 11) is 0. The number of halogens is 2. The van der Waals surface area contributed by atoms with Gasteiger partial charge in [0.15, 0.2) is 11.5 Å². The summed E-state index contributed by atoms with van der Waals surface area (Å²) in [5.74, 6) is -2.19. The molecule has 0 bridgehead atoms. The van der Waals surface area contributed by atoms with Crippen LogP contribution in [0, 0.1) is 0 Å². The number of fused-ring (bicyclic) bond motifs is 1. The monoisotopic (exact) mass is 269 g/mol. The first-order valence-corrected chi connectivity index (χ1v) is 6.10. The number of ether oxygens (including phenoxy) is 2. The Balaban J connectivity index is 1.70. The fourth-order valence-corrected chi connectivity index (χ4v) is 2.27. The van der Waals surface area contributed by atoms with E-state index in [1.165, 1.54) is 0 Å². The van der Waals surface area contributed by atoms with Gasteiger partial charge >= 0.3 is 0 Å². The smallest absolute Gasteiger partial charge is 0.267 e. The molecule has 1 aromatic rings. The van der Waals surface area contributed by atoms with Crippen molar-refractivity contribution in [1.82, 2.24) is 4.90 Å². The van der Waals surface area contributed by atoms with Crippen LogP contribution in [-0.2, 0) is 4.79 Å². The number of hydrogen-bond acceptors (Lipinski definition) is 3. The minimum atomic E-state index is -2.79. The third kappa shape index (κ3) is 2.34. The number of carbonyl (C=O) groups excluding carboxylic acids is 1. The topological polar surface area (TPSA) is 38.8 Å². The van der Waals surface area contributed by atoms with E-state index in [0.29, 0.717) is 11.5 Å². The molecule has 0 N–H and O–H groups in total. The summed E-state index contributed by atoms with van der Waals surface area (Å²) >= 11 is 0. The summed E-state index contributed by atoms with van der Waals surface area (Å²) < 4.78 is 37.1. The van der Waals surface area contributed by atoms with E-state index < -0.39 is 24.5 Å². The van der Waals surface area contributed by atoms with E-state index in [4.69, 9.17) is 9.47 Å². The Morgan fingerprint density at radius 1 is 1.32 bits per heavy atom. The molecule has 0 saturated carbocycles. The Morgan fingerprint density at radius 3 is 2.74 bits per heavy atom. The Bertz CT molecular complexity index is 506. The summed E-state index contributed by atoms with van der Waals surface area (Å²) in [5.41, 5.74) is 0. The zero-order valence-corrected chi connectivity index (χ0v) is 10.1. The number of benzene rings is 1. The average molecular weight is 269 g/mol. The number of amides is 1. The number of hydrogen-bond donors (Lipinski definition) is 0. The largest absolute Gasteiger partial charge is 0.485 e. The zero-order valence-electron chi connectivity index (χ0n) is 10.1. The molecule has 0 radical (unpaired) electrons. The van der Waals surface area contributed by atoms with Crippen molar-refractivity contribution in [2.75, 3.05) is 19.7 Å². The first-order chi connectivity index (χ1) is 9.05. The number of rotatable bonds is 1. The van der Waals surface area contributed by atoms with Gasteiger partial charge in [-0.15, -0.1) is 0 Å². The number of nitrogens with zero attached hydrogens (tertiary/aromatic N) is 1. The highest BCUT2D eigenvalue weighted by Gasteiger charge is 2.43. The van der Waals surface area contributed by atoms with Crippen molar-refractivity contribution in [1.29, 1.82) is 0 Å². The predicted octanol–water partition coefficient (Wildman–Crippen LogP) is 1.69. The molecule has 2 heterocycles. The highest BCUT2D eigenvalue weighted by Crippen LogP contribution is 2.32. The van der Waals surface area contributed by atoms with Crippen LogP contribution in [0.4, 0.5) is 8.78 Å². The van der Waals surface area contributed by atoms with Crippen LogP contribution in [0.2, 0.25) is 0 Å². The predicted molar refractivity (Wildman–Crippen MR) is 62.5 cm³/mol. The zero-order chi connectivity index (χ0) is 13.5. The highest BCUT2D eigenvalue weighted by atomic mass is 19.3. The normalized spacial score (nSPS) is 24.3. The molecule has 6 heteroatoms. The van der Waals surface area contributed by atoms with Crippen LogP contribution in [-0.4, -0.2) is 42.5 Å². The lowest BCUT2D eigenvalue weighted by Gasteiger charge is -2.28. The molecule has 1 atom stereocenters. The second-order valence-electron chi connectivity index (χ2n) is 4.73. The molecule has 1 fully saturated rings. The van der Waals surface area contributed by atoms with Gasteiger partial charge in [0.1, 0.15) is 6.61 Å². The van der Waals surface area contributed by atoms with Crippen LogP contribution in [0.25, 0.3) is 0 Å². The third-order valence-corrected chi connectivity index (χ3v) is 3.27. The molecule has 102 valence electrons. The maximum atomic E-state index is 13.1. The van der Waals surface area contributed by atoms with Crippen molar-refractivity contribution >= 4 is 5.91 Å². The molecule has 3 rings (SSSR count). The maximum absolute atomic E-state index is 13.1. The molecular formula is C13H13F2NO3. The SMILES string of the molecule is O=C(C1COc2ccccc2O1)N1CCC(F)(F)C1. The summed E-state index contributed by atoms with van der Waals surface area (Å²) in [6.07, 6.45) is -1.13. The first-order valence-electron chi connectivity index (χ1n) is 6.10. The summed E-state index contributed by atoms with van der Waals surface area (Å²) in [4.78, 5) is 13.2. The van der Waals surface area contributed by atoms with Crippen molar-refractivity contribution < 1.29 is 23.0 Å². The Morgan fingerprint density at radius 2 is 2.05 bits per heavy atom. The Hall–Kier alpha value is -1.85. The van der Waals surface area contributed by atoms with Crippen LogP contribution >= 0.6 is 0 Å². The van der Waals surface area contributed by atoms with Gasteiger partial charge < -0.3 is 14.4 Å². The van der Waals surface area contributed by atoms with Crippen LogP contribution in [0.5, 0.6) is 11.5 Å². The standard InChI is InChI=1S/C13H13F2NO3/c14-13(15)5-6-16(8-13)12(17)11-7-18-9-3-1-2-4-10(9)19-11/h1-4,11H,5-8H2. The quantitative estimate of drug-likeness (QED) is 0.779.